The Kier molecular flexibility index (Phi) is 6.58. The Morgan fingerprint density at radius 2 is 1.73 bits per heavy atom. The van der Waals surface area contributed by atoms with E-state index in [0.717, 1.165) is 11.8 Å². The van der Waals surface area contributed by atoms with Crippen molar-refractivity contribution < 1.29 is 4.79 Å². The molecule has 0 radical (unpaired) electrons. The molecule has 1 aromatic heterocycles. The Hall–Kier alpha value is -3.52. The lowest BCUT2D eigenvalue weighted by atomic mass is 9.97. The van der Waals surface area contributed by atoms with E-state index in [4.69, 9.17) is 17.3 Å². The number of para-hydroxylation sites is 1. The van der Waals surface area contributed by atoms with Gasteiger partial charge in [0, 0.05) is 21.8 Å². The van der Waals surface area contributed by atoms with Crippen LogP contribution in [-0.2, 0) is 4.79 Å². The van der Waals surface area contributed by atoms with Gasteiger partial charge in [-0.05, 0) is 25.1 Å². The summed E-state index contributed by atoms with van der Waals surface area (Å²) >= 11 is 7.41. The van der Waals surface area contributed by atoms with Gasteiger partial charge in [-0.1, -0.05) is 59.8 Å². The molecule has 0 aliphatic carbocycles. The highest BCUT2D eigenvalue weighted by Gasteiger charge is 2.25. The minimum absolute atomic E-state index is 0.0235. The van der Waals surface area contributed by atoms with Crippen molar-refractivity contribution in [1.29, 1.82) is 10.5 Å². The number of carbonyl (C=O) groups is 1. The minimum atomic E-state index is -0.573. The number of nitrogens with zero attached hydrogens (tertiary/aromatic N) is 3. The van der Waals surface area contributed by atoms with Crippen molar-refractivity contribution in [2.45, 2.75) is 17.2 Å². The number of nitrogens with one attached hydrogen (secondary N) is 1. The Labute approximate surface area is 183 Å². The quantitative estimate of drug-likeness (QED) is 0.556. The molecule has 3 N–H and O–H groups in total. The lowest BCUT2D eigenvalue weighted by Crippen LogP contribution is -2.22. The number of benzene rings is 2. The van der Waals surface area contributed by atoms with Crippen molar-refractivity contribution in [1.82, 2.24) is 4.98 Å². The van der Waals surface area contributed by atoms with Gasteiger partial charge in [0.2, 0.25) is 5.91 Å². The molecule has 1 heterocycles. The molecule has 3 rings (SSSR count). The maximum absolute atomic E-state index is 12.6. The maximum atomic E-state index is 12.6. The largest absolute Gasteiger partial charge is 0.383 e. The second-order valence-corrected chi connectivity index (χ2v) is 7.98. The van der Waals surface area contributed by atoms with Gasteiger partial charge in [-0.3, -0.25) is 4.79 Å². The van der Waals surface area contributed by atoms with Crippen molar-refractivity contribution >= 4 is 40.8 Å². The highest BCUT2D eigenvalue weighted by Crippen LogP contribution is 2.39. The van der Waals surface area contributed by atoms with Crippen LogP contribution >= 0.6 is 23.4 Å². The van der Waals surface area contributed by atoms with E-state index >= 15 is 0 Å². The zero-order chi connectivity index (χ0) is 21.7. The fourth-order valence-corrected chi connectivity index (χ4v) is 3.95. The van der Waals surface area contributed by atoms with Gasteiger partial charge in [-0.15, -0.1) is 0 Å². The topological polar surface area (TPSA) is 116 Å². The SMILES string of the molecule is CC(Sc1nc(N)c(C#N)c(-c2ccccc2Cl)c1C#N)C(=O)Nc1ccccc1. The first-order valence-corrected chi connectivity index (χ1v) is 10.1. The van der Waals surface area contributed by atoms with Crippen LogP contribution in [0.5, 0.6) is 0 Å². The summed E-state index contributed by atoms with van der Waals surface area (Å²) in [4.78, 5) is 16.8. The molecule has 0 fully saturated rings. The molecule has 3 aromatic rings. The van der Waals surface area contributed by atoms with Crippen LogP contribution in [0.25, 0.3) is 11.1 Å². The number of carbonyl (C=O) groups excluding carboxylic acids is 1. The van der Waals surface area contributed by atoms with E-state index in [2.05, 4.69) is 16.4 Å². The highest BCUT2D eigenvalue weighted by molar-refractivity contribution is 8.00. The molecular formula is C22H16ClN5OS. The number of nitrogen functional groups attached to an aromatic ring is 1. The van der Waals surface area contributed by atoms with Crippen molar-refractivity contribution in [2.24, 2.45) is 0 Å². The molecule has 30 heavy (non-hydrogen) atoms. The summed E-state index contributed by atoms with van der Waals surface area (Å²) in [6.45, 7) is 1.70. The van der Waals surface area contributed by atoms with Crippen LogP contribution in [0.2, 0.25) is 5.02 Å². The predicted octanol–water partition coefficient (Wildman–Crippen LogP) is 4.85. The molecule has 2 aromatic carbocycles. The molecule has 148 valence electrons. The number of nitrogens with two attached hydrogens (primary N) is 1. The predicted molar refractivity (Wildman–Crippen MR) is 119 cm³/mol. The van der Waals surface area contributed by atoms with Gasteiger partial charge < -0.3 is 11.1 Å². The molecule has 6 nitrogen and oxygen atoms in total. The van der Waals surface area contributed by atoms with Crippen LogP contribution in [-0.4, -0.2) is 16.1 Å². The molecule has 0 saturated heterocycles. The van der Waals surface area contributed by atoms with Crippen LogP contribution in [0.3, 0.4) is 0 Å². The molecule has 0 bridgehead atoms. The number of amides is 1. The number of pyridine rings is 1. The van der Waals surface area contributed by atoms with E-state index in [1.54, 1.807) is 43.3 Å². The average Bonchev–Trinajstić information content (AvgIpc) is 2.74. The monoisotopic (exact) mass is 433 g/mol. The number of halogens is 1. The van der Waals surface area contributed by atoms with Gasteiger partial charge in [-0.2, -0.15) is 10.5 Å². The van der Waals surface area contributed by atoms with Gasteiger partial charge in [0.15, 0.2) is 0 Å². The first-order valence-electron chi connectivity index (χ1n) is 8.87. The summed E-state index contributed by atoms with van der Waals surface area (Å²) in [7, 11) is 0. The summed E-state index contributed by atoms with van der Waals surface area (Å²) in [6, 6.07) is 20.1. The van der Waals surface area contributed by atoms with Crippen LogP contribution < -0.4 is 11.1 Å². The first kappa shape index (κ1) is 21.2. The summed E-state index contributed by atoms with van der Waals surface area (Å²) in [5.74, 6) is -0.274. The number of nitriles is 2. The standard InChI is InChI=1S/C22H16ClN5OS/c1-13(21(29)27-14-7-3-2-4-8-14)30-22-17(12-25)19(16(11-24)20(26)28-22)15-9-5-6-10-18(15)23/h2-10,13H,1H3,(H2,26,28)(H,27,29). The zero-order valence-electron chi connectivity index (χ0n) is 15.9. The first-order chi connectivity index (χ1) is 14.5. The number of hydrogen-bond acceptors (Lipinski definition) is 6. The average molecular weight is 434 g/mol. The molecular weight excluding hydrogens is 418 g/mol. The normalized spacial score (nSPS) is 11.2. The molecule has 0 aliphatic heterocycles. The number of rotatable bonds is 5. The second kappa shape index (κ2) is 9.32. The smallest absolute Gasteiger partial charge is 0.237 e. The highest BCUT2D eigenvalue weighted by atomic mass is 35.5. The molecule has 0 saturated carbocycles. The van der Waals surface area contributed by atoms with Crippen LogP contribution in [0.15, 0.2) is 59.6 Å². The van der Waals surface area contributed by atoms with Gasteiger partial charge in [0.1, 0.15) is 28.5 Å². The third-order valence-electron chi connectivity index (χ3n) is 4.26. The van der Waals surface area contributed by atoms with Crippen LogP contribution in [0, 0.1) is 22.7 Å². The van der Waals surface area contributed by atoms with E-state index in [1.807, 2.05) is 24.3 Å². The minimum Gasteiger partial charge on any atom is -0.383 e. The van der Waals surface area contributed by atoms with Crippen molar-refractivity contribution in [2.75, 3.05) is 11.1 Å². The summed E-state index contributed by atoms with van der Waals surface area (Å²) in [6.07, 6.45) is 0. The van der Waals surface area contributed by atoms with Gasteiger partial charge >= 0.3 is 0 Å². The third-order valence-corrected chi connectivity index (χ3v) is 5.67. The van der Waals surface area contributed by atoms with Crippen molar-refractivity contribution in [3.8, 4) is 23.3 Å². The van der Waals surface area contributed by atoms with Gasteiger partial charge in [-0.25, -0.2) is 4.98 Å². The van der Waals surface area contributed by atoms with Gasteiger partial charge in [0.05, 0.1) is 10.8 Å². The molecule has 0 aliphatic rings. The number of aromatic nitrogens is 1. The summed E-state index contributed by atoms with van der Waals surface area (Å²) in [5, 5.41) is 22.3. The Morgan fingerprint density at radius 1 is 1.10 bits per heavy atom. The Bertz CT molecular complexity index is 1180. The lowest BCUT2D eigenvalue weighted by Gasteiger charge is -2.16. The second-order valence-electron chi connectivity index (χ2n) is 6.25. The van der Waals surface area contributed by atoms with E-state index in [-0.39, 0.29) is 27.9 Å². The summed E-state index contributed by atoms with van der Waals surface area (Å²) < 4.78 is 0. The maximum Gasteiger partial charge on any atom is 0.237 e. The van der Waals surface area contributed by atoms with Crippen molar-refractivity contribution in [3.05, 3.63) is 70.7 Å². The fourth-order valence-electron chi connectivity index (χ4n) is 2.80. The van der Waals surface area contributed by atoms with Crippen LogP contribution in [0.4, 0.5) is 11.5 Å². The molecule has 1 amide bonds. The zero-order valence-corrected chi connectivity index (χ0v) is 17.5. The summed E-state index contributed by atoms with van der Waals surface area (Å²) in [5.41, 5.74) is 7.73. The fraction of sp³-hybridized carbons (Fsp3) is 0.0909. The molecule has 8 heteroatoms. The Morgan fingerprint density at radius 3 is 2.37 bits per heavy atom. The molecule has 1 unspecified atom stereocenters. The van der Waals surface area contributed by atoms with E-state index in [1.165, 1.54) is 0 Å². The van der Waals surface area contributed by atoms with E-state index in [9.17, 15) is 15.3 Å². The lowest BCUT2D eigenvalue weighted by molar-refractivity contribution is -0.115. The number of thioether (sulfide) groups is 1. The molecule has 1 atom stereocenters. The van der Waals surface area contributed by atoms with Crippen molar-refractivity contribution in [3.63, 3.8) is 0 Å². The van der Waals surface area contributed by atoms with Crippen LogP contribution in [0.1, 0.15) is 18.1 Å². The Balaban J connectivity index is 2.02. The van der Waals surface area contributed by atoms with E-state index in [0.29, 0.717) is 21.8 Å². The molecule has 0 spiro atoms. The third kappa shape index (κ3) is 4.38. The number of anilines is 2. The van der Waals surface area contributed by atoms with E-state index < -0.39 is 5.25 Å². The number of hydrogen-bond donors (Lipinski definition) is 2. The van der Waals surface area contributed by atoms with Gasteiger partial charge in [0.25, 0.3) is 0 Å².